The summed E-state index contributed by atoms with van der Waals surface area (Å²) in [4.78, 5) is 37.8. The number of allylic oxidation sites excluding steroid dienone is 18. The second-order valence-electron chi connectivity index (χ2n) is 19.2. The smallest absolute Gasteiger partial charge is 0.306 e. The van der Waals surface area contributed by atoms with Crippen LogP contribution in [0.25, 0.3) is 0 Å². The Morgan fingerprint density at radius 1 is 0.457 bits per heavy atom. The van der Waals surface area contributed by atoms with Crippen LogP contribution in [0.2, 0.25) is 0 Å². The number of esters is 2. The first-order chi connectivity index (χ1) is 34.0. The zero-order valence-corrected chi connectivity index (χ0v) is 46.1. The van der Waals surface area contributed by atoms with Crippen molar-refractivity contribution in [2.45, 2.75) is 213 Å². The van der Waals surface area contributed by atoms with E-state index in [1.807, 2.05) is 21.1 Å². The summed E-state index contributed by atoms with van der Waals surface area (Å²) in [5, 5.41) is 0. The highest BCUT2D eigenvalue weighted by Crippen LogP contribution is 2.38. The minimum absolute atomic E-state index is 0.0405. The number of phosphoric ester groups is 1. The Balaban J connectivity index is 4.26. The molecule has 2 atom stereocenters. The Morgan fingerprint density at radius 3 is 1.21 bits per heavy atom. The lowest BCUT2D eigenvalue weighted by atomic mass is 10.1. The Labute approximate surface area is 429 Å². The molecule has 0 aliphatic heterocycles. The monoisotopic (exact) mass is 996 g/mol. The van der Waals surface area contributed by atoms with E-state index >= 15 is 0 Å². The van der Waals surface area contributed by atoms with Crippen LogP contribution in [0.1, 0.15) is 206 Å². The zero-order chi connectivity index (χ0) is 51.3. The summed E-state index contributed by atoms with van der Waals surface area (Å²) in [5.41, 5.74) is 0. The van der Waals surface area contributed by atoms with E-state index in [1.165, 1.54) is 57.8 Å². The molecule has 0 aromatic carbocycles. The third-order valence-electron chi connectivity index (χ3n) is 11.3. The van der Waals surface area contributed by atoms with Gasteiger partial charge in [-0.2, -0.15) is 0 Å². The number of carbonyl (C=O) groups excluding carboxylic acids is 2. The van der Waals surface area contributed by atoms with Gasteiger partial charge in [-0.3, -0.25) is 14.2 Å². The van der Waals surface area contributed by atoms with Crippen LogP contribution in [0.4, 0.5) is 0 Å². The number of unbranched alkanes of at least 4 members (excludes halogenated alkanes) is 17. The van der Waals surface area contributed by atoms with Gasteiger partial charge in [-0.1, -0.05) is 200 Å². The molecule has 2 unspecified atom stereocenters. The molecule has 70 heavy (non-hydrogen) atoms. The fourth-order valence-corrected chi connectivity index (χ4v) is 7.75. The number of ether oxygens (including phenoxy) is 2. The molecular weight excluding hydrogens is 894 g/mol. The van der Waals surface area contributed by atoms with Crippen molar-refractivity contribution in [1.29, 1.82) is 0 Å². The number of nitrogens with zero attached hydrogens (tertiary/aromatic N) is 1. The van der Waals surface area contributed by atoms with Gasteiger partial charge in [-0.25, -0.2) is 0 Å². The summed E-state index contributed by atoms with van der Waals surface area (Å²) in [5.74, 6) is -0.862. The van der Waals surface area contributed by atoms with E-state index in [0.29, 0.717) is 23.9 Å². The predicted octanol–water partition coefficient (Wildman–Crippen LogP) is 16.4. The Hall–Kier alpha value is -3.33. The van der Waals surface area contributed by atoms with Crippen molar-refractivity contribution in [1.82, 2.24) is 0 Å². The molecule has 0 aliphatic rings. The van der Waals surface area contributed by atoms with Crippen LogP contribution in [0.15, 0.2) is 109 Å². The normalized spacial score (nSPS) is 14.2. The minimum Gasteiger partial charge on any atom is -0.756 e. The first-order valence-corrected chi connectivity index (χ1v) is 29.1. The highest BCUT2D eigenvalue weighted by atomic mass is 31.2. The molecule has 0 aromatic heterocycles. The molecule has 10 heteroatoms. The van der Waals surface area contributed by atoms with Gasteiger partial charge in [0.2, 0.25) is 0 Å². The maximum absolute atomic E-state index is 12.8. The molecule has 0 rings (SSSR count). The molecule has 0 radical (unpaired) electrons. The van der Waals surface area contributed by atoms with E-state index in [-0.39, 0.29) is 26.1 Å². The maximum atomic E-state index is 12.8. The number of carbonyl (C=O) groups is 2. The second kappa shape index (κ2) is 50.6. The number of phosphoric acid groups is 1. The number of quaternary nitrogens is 1. The van der Waals surface area contributed by atoms with Crippen LogP contribution in [-0.2, 0) is 32.7 Å². The standard InChI is InChI=1S/C60H102NO8P/c1-6-8-10-12-14-16-18-20-22-24-25-26-27-28-29-30-31-32-33-34-35-37-39-41-43-45-47-49-51-53-60(63)69-58(57-68-70(64,65)67-55-54-61(3,4)5)56-66-59(62)52-50-48-46-44-42-40-38-36-23-21-19-17-15-13-11-9-7-2/h8,10,14-17,20-23,25-26,28-29,31-32,34-35,58H,6-7,9,11-13,18-19,24,27,30,33,36-57H2,1-5H3/b10-8-,16-14-,17-15-,22-20-,23-21-,26-25-,29-28-,32-31-,35-34-. The first kappa shape index (κ1) is 66.7. The zero-order valence-electron chi connectivity index (χ0n) is 45.2. The molecule has 0 spiro atoms. The molecule has 0 bridgehead atoms. The summed E-state index contributed by atoms with van der Waals surface area (Å²) in [7, 11) is 1.14. The summed E-state index contributed by atoms with van der Waals surface area (Å²) < 4.78 is 34.1. The predicted molar refractivity (Wildman–Crippen MR) is 295 cm³/mol. The highest BCUT2D eigenvalue weighted by molar-refractivity contribution is 7.45. The van der Waals surface area contributed by atoms with Crippen LogP contribution >= 0.6 is 7.82 Å². The molecule has 0 amide bonds. The third kappa shape index (κ3) is 54.0. The van der Waals surface area contributed by atoms with Crippen LogP contribution in [0.5, 0.6) is 0 Å². The van der Waals surface area contributed by atoms with Gasteiger partial charge in [0, 0.05) is 12.8 Å². The van der Waals surface area contributed by atoms with Crippen molar-refractivity contribution in [2.75, 3.05) is 47.5 Å². The van der Waals surface area contributed by atoms with Gasteiger partial charge in [0.05, 0.1) is 27.7 Å². The Kier molecular flexibility index (Phi) is 48.2. The van der Waals surface area contributed by atoms with Gasteiger partial charge in [0.25, 0.3) is 7.82 Å². The van der Waals surface area contributed by atoms with Gasteiger partial charge in [0.1, 0.15) is 19.8 Å². The van der Waals surface area contributed by atoms with Gasteiger partial charge in [-0.05, 0) is 103 Å². The van der Waals surface area contributed by atoms with Crippen LogP contribution in [-0.4, -0.2) is 70.0 Å². The molecule has 0 saturated heterocycles. The molecular formula is C60H102NO8P. The summed E-state index contributed by atoms with van der Waals surface area (Å²) in [6.07, 6.45) is 69.8. The van der Waals surface area contributed by atoms with E-state index in [2.05, 4.69) is 123 Å². The Morgan fingerprint density at radius 2 is 0.814 bits per heavy atom. The van der Waals surface area contributed by atoms with Gasteiger partial charge >= 0.3 is 11.9 Å². The SMILES string of the molecule is CC/C=C\C/C=C\C/C=C\C/C=C\C/C=C\C/C=C\C/C=C\CCCCCCCCCC(=O)OC(COC(=O)CCCCCCCCC/C=C\C/C=C\CCCCC)COP(=O)([O-])OCC[N+](C)(C)C. The topological polar surface area (TPSA) is 111 Å². The lowest BCUT2D eigenvalue weighted by molar-refractivity contribution is -0.870. The van der Waals surface area contributed by atoms with Gasteiger partial charge in [0.15, 0.2) is 6.10 Å². The van der Waals surface area contributed by atoms with E-state index < -0.39 is 32.5 Å². The fraction of sp³-hybridized carbons (Fsp3) is 0.667. The summed E-state index contributed by atoms with van der Waals surface area (Å²) in [6.45, 7) is 4.06. The van der Waals surface area contributed by atoms with E-state index in [4.69, 9.17) is 18.5 Å². The Bertz CT molecular complexity index is 1550. The second-order valence-corrected chi connectivity index (χ2v) is 20.6. The minimum atomic E-state index is -4.65. The molecule has 0 aliphatic carbocycles. The largest absolute Gasteiger partial charge is 0.756 e. The fourth-order valence-electron chi connectivity index (χ4n) is 7.02. The first-order valence-electron chi connectivity index (χ1n) is 27.6. The molecule has 400 valence electrons. The lowest BCUT2D eigenvalue weighted by Crippen LogP contribution is -2.37. The van der Waals surface area contributed by atoms with E-state index in [9.17, 15) is 19.0 Å². The average molecular weight is 996 g/mol. The van der Waals surface area contributed by atoms with Crippen LogP contribution < -0.4 is 4.89 Å². The van der Waals surface area contributed by atoms with Crippen molar-refractivity contribution in [2.24, 2.45) is 0 Å². The van der Waals surface area contributed by atoms with Crippen molar-refractivity contribution in [3.8, 4) is 0 Å². The maximum Gasteiger partial charge on any atom is 0.306 e. The molecule has 0 fully saturated rings. The summed E-state index contributed by atoms with van der Waals surface area (Å²) in [6, 6.07) is 0. The van der Waals surface area contributed by atoms with Crippen molar-refractivity contribution in [3.63, 3.8) is 0 Å². The molecule has 0 N–H and O–H groups in total. The quantitative estimate of drug-likeness (QED) is 0.0195. The number of hydrogen-bond acceptors (Lipinski definition) is 8. The molecule has 0 saturated carbocycles. The number of likely N-dealkylation sites (N-methyl/N-ethyl adjacent to an activating group) is 1. The molecule has 0 heterocycles. The van der Waals surface area contributed by atoms with Crippen LogP contribution in [0.3, 0.4) is 0 Å². The van der Waals surface area contributed by atoms with Crippen molar-refractivity contribution < 1.29 is 42.1 Å². The van der Waals surface area contributed by atoms with E-state index in [1.54, 1.807) is 0 Å². The average Bonchev–Trinajstić information content (AvgIpc) is 3.32. The summed E-state index contributed by atoms with van der Waals surface area (Å²) >= 11 is 0. The van der Waals surface area contributed by atoms with Crippen molar-refractivity contribution >= 4 is 19.8 Å². The van der Waals surface area contributed by atoms with E-state index in [0.717, 1.165) is 109 Å². The third-order valence-corrected chi connectivity index (χ3v) is 12.2. The molecule has 0 aromatic rings. The molecule has 9 nitrogen and oxygen atoms in total. The highest BCUT2D eigenvalue weighted by Gasteiger charge is 2.21. The van der Waals surface area contributed by atoms with Crippen molar-refractivity contribution in [3.05, 3.63) is 109 Å². The number of rotatable bonds is 49. The lowest BCUT2D eigenvalue weighted by Gasteiger charge is -2.28. The van der Waals surface area contributed by atoms with Crippen LogP contribution in [0, 0.1) is 0 Å². The van der Waals surface area contributed by atoms with Gasteiger partial charge < -0.3 is 27.9 Å². The number of hydrogen-bond donors (Lipinski definition) is 0. The van der Waals surface area contributed by atoms with Gasteiger partial charge in [-0.15, -0.1) is 0 Å².